The normalized spacial score (nSPS) is 12.5. The lowest BCUT2D eigenvalue weighted by atomic mass is 10.0. The predicted molar refractivity (Wildman–Crippen MR) is 64.9 cm³/mol. The number of benzene rings is 1. The van der Waals surface area contributed by atoms with E-state index >= 15 is 0 Å². The molecule has 0 saturated heterocycles. The molecule has 3 nitrogen and oxygen atoms in total. The lowest BCUT2D eigenvalue weighted by Crippen LogP contribution is -2.28. The third-order valence-electron chi connectivity index (χ3n) is 2.45. The number of ether oxygens (including phenoxy) is 1. The maximum atomic E-state index is 11.0. The lowest BCUT2D eigenvalue weighted by molar-refractivity contribution is -0.109. The molecule has 0 amide bonds. The van der Waals surface area contributed by atoms with E-state index < -0.39 is 0 Å². The van der Waals surface area contributed by atoms with Crippen LogP contribution in [0.25, 0.3) is 0 Å². The van der Waals surface area contributed by atoms with Gasteiger partial charge < -0.3 is 14.8 Å². The maximum Gasteiger partial charge on any atom is 0.128 e. The monoisotopic (exact) mass is 221 g/mol. The van der Waals surface area contributed by atoms with Crippen LogP contribution < -0.4 is 10.1 Å². The SMILES string of the molecule is COc1ccc(C(C=O)CNC(C)C)cc1. The van der Waals surface area contributed by atoms with Crippen molar-refractivity contribution in [2.24, 2.45) is 0 Å². The summed E-state index contributed by atoms with van der Waals surface area (Å²) in [4.78, 5) is 11.0. The zero-order valence-corrected chi connectivity index (χ0v) is 10.1. The molecule has 3 heteroatoms. The van der Waals surface area contributed by atoms with Crippen LogP contribution in [-0.2, 0) is 4.79 Å². The summed E-state index contributed by atoms with van der Waals surface area (Å²) in [6, 6.07) is 8.00. The second-order valence-electron chi connectivity index (χ2n) is 4.08. The first-order chi connectivity index (χ1) is 7.67. The Morgan fingerprint density at radius 1 is 1.31 bits per heavy atom. The van der Waals surface area contributed by atoms with Crippen molar-refractivity contribution in [1.82, 2.24) is 5.32 Å². The van der Waals surface area contributed by atoms with Crippen LogP contribution in [0, 0.1) is 0 Å². The Kier molecular flexibility index (Phi) is 4.99. The van der Waals surface area contributed by atoms with Gasteiger partial charge in [0.15, 0.2) is 0 Å². The fourth-order valence-corrected chi connectivity index (χ4v) is 1.46. The topological polar surface area (TPSA) is 38.3 Å². The Hall–Kier alpha value is -1.35. The molecule has 1 atom stereocenters. The van der Waals surface area contributed by atoms with Gasteiger partial charge in [0.05, 0.1) is 13.0 Å². The van der Waals surface area contributed by atoms with Crippen LogP contribution in [0.4, 0.5) is 0 Å². The first-order valence-corrected chi connectivity index (χ1v) is 5.50. The number of nitrogens with one attached hydrogen (secondary N) is 1. The first kappa shape index (κ1) is 12.7. The van der Waals surface area contributed by atoms with E-state index in [1.807, 2.05) is 24.3 Å². The highest BCUT2D eigenvalue weighted by Gasteiger charge is 2.10. The zero-order valence-electron chi connectivity index (χ0n) is 10.1. The zero-order chi connectivity index (χ0) is 12.0. The minimum absolute atomic E-state index is 0.0895. The summed E-state index contributed by atoms with van der Waals surface area (Å²) in [6.45, 7) is 4.80. The molecule has 1 N–H and O–H groups in total. The summed E-state index contributed by atoms with van der Waals surface area (Å²) in [6.07, 6.45) is 0.983. The number of aldehydes is 1. The van der Waals surface area contributed by atoms with E-state index in [1.165, 1.54) is 0 Å². The molecule has 0 aliphatic rings. The van der Waals surface area contributed by atoms with Crippen LogP contribution in [0.5, 0.6) is 5.75 Å². The summed E-state index contributed by atoms with van der Waals surface area (Å²) >= 11 is 0. The summed E-state index contributed by atoms with van der Waals surface area (Å²) in [7, 11) is 1.63. The van der Waals surface area contributed by atoms with Gasteiger partial charge in [-0.25, -0.2) is 0 Å². The van der Waals surface area contributed by atoms with E-state index in [-0.39, 0.29) is 5.92 Å². The van der Waals surface area contributed by atoms with E-state index in [2.05, 4.69) is 19.2 Å². The Morgan fingerprint density at radius 3 is 2.38 bits per heavy atom. The molecular weight excluding hydrogens is 202 g/mol. The lowest BCUT2D eigenvalue weighted by Gasteiger charge is -2.14. The molecular formula is C13H19NO2. The van der Waals surface area contributed by atoms with Crippen LogP contribution in [0.3, 0.4) is 0 Å². The largest absolute Gasteiger partial charge is 0.497 e. The smallest absolute Gasteiger partial charge is 0.128 e. The van der Waals surface area contributed by atoms with E-state index in [1.54, 1.807) is 7.11 Å². The van der Waals surface area contributed by atoms with Gasteiger partial charge in [-0.3, -0.25) is 0 Å². The third kappa shape index (κ3) is 3.66. The fraction of sp³-hybridized carbons (Fsp3) is 0.462. The molecule has 0 saturated carbocycles. The number of carbonyl (C=O) groups excluding carboxylic acids is 1. The number of methoxy groups -OCH3 is 1. The van der Waals surface area contributed by atoms with Gasteiger partial charge in [0.2, 0.25) is 0 Å². The quantitative estimate of drug-likeness (QED) is 0.746. The molecule has 1 rings (SSSR count). The van der Waals surface area contributed by atoms with Crippen molar-refractivity contribution in [2.45, 2.75) is 25.8 Å². The summed E-state index contributed by atoms with van der Waals surface area (Å²) in [5, 5.41) is 3.26. The molecule has 0 bridgehead atoms. The van der Waals surface area contributed by atoms with Crippen molar-refractivity contribution in [3.05, 3.63) is 29.8 Å². The molecule has 0 aliphatic heterocycles. The van der Waals surface area contributed by atoms with E-state index in [9.17, 15) is 4.79 Å². The molecule has 0 aromatic heterocycles. The standard InChI is InChI=1S/C13H19NO2/c1-10(2)14-8-12(9-15)11-4-6-13(16-3)7-5-11/h4-7,9-10,12,14H,8H2,1-3H3. The number of rotatable bonds is 6. The van der Waals surface area contributed by atoms with Gasteiger partial charge in [-0.05, 0) is 17.7 Å². The number of carbonyl (C=O) groups is 1. The molecule has 1 unspecified atom stereocenters. The van der Waals surface area contributed by atoms with Gasteiger partial charge in [-0.1, -0.05) is 26.0 Å². The van der Waals surface area contributed by atoms with Crippen molar-refractivity contribution >= 4 is 6.29 Å². The van der Waals surface area contributed by atoms with Crippen LogP contribution in [0.1, 0.15) is 25.3 Å². The Bertz CT molecular complexity index is 319. The fourth-order valence-electron chi connectivity index (χ4n) is 1.46. The average molecular weight is 221 g/mol. The predicted octanol–water partition coefficient (Wildman–Crippen LogP) is 1.98. The van der Waals surface area contributed by atoms with Crippen LogP contribution in [0.2, 0.25) is 0 Å². The van der Waals surface area contributed by atoms with E-state index in [4.69, 9.17) is 4.74 Å². The molecule has 1 aromatic rings. The average Bonchev–Trinajstić information content (AvgIpc) is 2.30. The number of hydrogen-bond acceptors (Lipinski definition) is 3. The van der Waals surface area contributed by atoms with Gasteiger partial charge in [0.25, 0.3) is 0 Å². The molecule has 16 heavy (non-hydrogen) atoms. The Balaban J connectivity index is 2.67. The highest BCUT2D eigenvalue weighted by Crippen LogP contribution is 2.17. The van der Waals surface area contributed by atoms with Crippen molar-refractivity contribution in [3.63, 3.8) is 0 Å². The summed E-state index contributed by atoms with van der Waals surface area (Å²) < 4.78 is 5.08. The molecule has 0 heterocycles. The summed E-state index contributed by atoms with van der Waals surface area (Å²) in [5.74, 6) is 0.721. The van der Waals surface area contributed by atoms with Gasteiger partial charge in [0.1, 0.15) is 12.0 Å². The van der Waals surface area contributed by atoms with Crippen molar-refractivity contribution < 1.29 is 9.53 Å². The molecule has 0 fully saturated rings. The molecule has 0 spiro atoms. The highest BCUT2D eigenvalue weighted by molar-refractivity contribution is 5.62. The second kappa shape index (κ2) is 6.28. The van der Waals surface area contributed by atoms with Gasteiger partial charge in [-0.2, -0.15) is 0 Å². The van der Waals surface area contributed by atoms with Gasteiger partial charge >= 0.3 is 0 Å². The molecule has 0 aliphatic carbocycles. The molecule has 88 valence electrons. The van der Waals surface area contributed by atoms with Crippen LogP contribution in [-0.4, -0.2) is 26.0 Å². The summed E-state index contributed by atoms with van der Waals surface area (Å²) in [5.41, 5.74) is 1.02. The van der Waals surface area contributed by atoms with Crippen molar-refractivity contribution in [1.29, 1.82) is 0 Å². The minimum atomic E-state index is -0.0895. The van der Waals surface area contributed by atoms with Crippen molar-refractivity contribution in [3.8, 4) is 5.75 Å². The van der Waals surface area contributed by atoms with E-state index in [0.717, 1.165) is 17.6 Å². The highest BCUT2D eigenvalue weighted by atomic mass is 16.5. The maximum absolute atomic E-state index is 11.0. The van der Waals surface area contributed by atoms with Crippen molar-refractivity contribution in [2.75, 3.05) is 13.7 Å². The Morgan fingerprint density at radius 2 is 1.94 bits per heavy atom. The van der Waals surface area contributed by atoms with E-state index in [0.29, 0.717) is 12.6 Å². The minimum Gasteiger partial charge on any atom is -0.497 e. The van der Waals surface area contributed by atoms with Crippen LogP contribution >= 0.6 is 0 Å². The Labute approximate surface area is 96.8 Å². The second-order valence-corrected chi connectivity index (χ2v) is 4.08. The van der Waals surface area contributed by atoms with Gasteiger partial charge in [-0.15, -0.1) is 0 Å². The number of hydrogen-bond donors (Lipinski definition) is 1. The molecule has 0 radical (unpaired) electrons. The van der Waals surface area contributed by atoms with Gasteiger partial charge in [0, 0.05) is 12.6 Å². The first-order valence-electron chi connectivity index (χ1n) is 5.50. The third-order valence-corrected chi connectivity index (χ3v) is 2.45. The van der Waals surface area contributed by atoms with Crippen LogP contribution in [0.15, 0.2) is 24.3 Å². The molecule has 1 aromatic carbocycles.